The van der Waals surface area contributed by atoms with Gasteiger partial charge in [-0.2, -0.15) is 5.10 Å². The molecule has 0 aliphatic heterocycles. The Bertz CT molecular complexity index is 711. The fraction of sp³-hybridized carbons (Fsp3) is 0.368. The molecule has 0 spiro atoms. The van der Waals surface area contributed by atoms with Crippen LogP contribution in [-0.2, 0) is 11.3 Å². The van der Waals surface area contributed by atoms with Crippen LogP contribution in [0.3, 0.4) is 0 Å². The maximum Gasteiger partial charge on any atom is 0.244 e. The normalized spacial score (nSPS) is 11.0. The number of amides is 1. The molecule has 0 saturated heterocycles. The number of hydrogen-bond acceptors (Lipinski definition) is 3. The van der Waals surface area contributed by atoms with Gasteiger partial charge in [0.25, 0.3) is 0 Å². The van der Waals surface area contributed by atoms with Crippen molar-refractivity contribution in [2.45, 2.75) is 33.2 Å². The number of hydrogen-bond donors (Lipinski definition) is 1. The SMILES string of the molecule is CCCCn1nc(C)c(/C=C/C(=O)NCCOc2ccccc2)c1Cl. The zero-order chi connectivity index (χ0) is 18.1. The van der Waals surface area contributed by atoms with Crippen molar-refractivity contribution in [2.24, 2.45) is 0 Å². The Morgan fingerprint density at radius 3 is 2.84 bits per heavy atom. The quantitative estimate of drug-likeness (QED) is 0.545. The highest BCUT2D eigenvalue weighted by molar-refractivity contribution is 6.31. The number of aromatic nitrogens is 2. The Morgan fingerprint density at radius 2 is 2.12 bits per heavy atom. The molecule has 1 N–H and O–H groups in total. The number of aryl methyl sites for hydroxylation is 2. The number of carbonyl (C=O) groups excluding carboxylic acids is 1. The molecule has 5 nitrogen and oxygen atoms in total. The molecule has 2 rings (SSSR count). The summed E-state index contributed by atoms with van der Waals surface area (Å²) in [6.45, 7) is 5.64. The maximum atomic E-state index is 11.9. The first kappa shape index (κ1) is 19.1. The van der Waals surface area contributed by atoms with Gasteiger partial charge in [-0.25, -0.2) is 0 Å². The average Bonchev–Trinajstić information content (AvgIpc) is 2.89. The number of carbonyl (C=O) groups is 1. The van der Waals surface area contributed by atoms with Gasteiger partial charge in [0.05, 0.1) is 12.2 Å². The second kappa shape index (κ2) is 9.89. The van der Waals surface area contributed by atoms with E-state index >= 15 is 0 Å². The second-order valence-corrected chi connectivity index (χ2v) is 6.01. The summed E-state index contributed by atoms with van der Waals surface area (Å²) in [6, 6.07) is 9.50. The number of ether oxygens (including phenoxy) is 1. The lowest BCUT2D eigenvalue weighted by Crippen LogP contribution is -2.26. The van der Waals surface area contributed by atoms with Crippen molar-refractivity contribution in [3.05, 3.63) is 52.8 Å². The minimum atomic E-state index is -0.187. The van der Waals surface area contributed by atoms with E-state index in [0.717, 1.165) is 36.4 Å². The average molecular weight is 362 g/mol. The summed E-state index contributed by atoms with van der Waals surface area (Å²) in [5.74, 6) is 0.600. The van der Waals surface area contributed by atoms with Crippen molar-refractivity contribution in [3.8, 4) is 5.75 Å². The molecule has 0 aliphatic rings. The van der Waals surface area contributed by atoms with Crippen LogP contribution in [0, 0.1) is 6.92 Å². The number of nitrogens with one attached hydrogen (secondary N) is 1. The van der Waals surface area contributed by atoms with Crippen molar-refractivity contribution in [2.75, 3.05) is 13.2 Å². The Kier molecular flexibility index (Phi) is 7.54. The first-order valence-corrected chi connectivity index (χ1v) is 8.86. The topological polar surface area (TPSA) is 56.2 Å². The van der Waals surface area contributed by atoms with Crippen LogP contribution in [0.25, 0.3) is 6.08 Å². The number of nitrogens with zero attached hydrogens (tertiary/aromatic N) is 2. The van der Waals surface area contributed by atoms with Crippen LogP contribution in [0.2, 0.25) is 5.15 Å². The molecule has 0 radical (unpaired) electrons. The van der Waals surface area contributed by atoms with Gasteiger partial charge in [0, 0.05) is 18.2 Å². The molecule has 1 heterocycles. The van der Waals surface area contributed by atoms with E-state index in [9.17, 15) is 4.79 Å². The zero-order valence-corrected chi connectivity index (χ0v) is 15.4. The van der Waals surface area contributed by atoms with E-state index in [4.69, 9.17) is 16.3 Å². The largest absolute Gasteiger partial charge is 0.492 e. The first-order chi connectivity index (χ1) is 12.1. The fourth-order valence-corrected chi connectivity index (χ4v) is 2.61. The van der Waals surface area contributed by atoms with Gasteiger partial charge in [-0.05, 0) is 31.6 Å². The number of rotatable bonds is 9. The van der Waals surface area contributed by atoms with Gasteiger partial charge in [0.1, 0.15) is 17.5 Å². The first-order valence-electron chi connectivity index (χ1n) is 8.48. The summed E-state index contributed by atoms with van der Waals surface area (Å²) >= 11 is 6.34. The van der Waals surface area contributed by atoms with E-state index in [1.54, 1.807) is 10.8 Å². The summed E-state index contributed by atoms with van der Waals surface area (Å²) in [4.78, 5) is 11.9. The molecular weight excluding hydrogens is 338 g/mol. The summed E-state index contributed by atoms with van der Waals surface area (Å²) in [5.41, 5.74) is 1.60. The van der Waals surface area contributed by atoms with Crippen LogP contribution in [0.5, 0.6) is 5.75 Å². The highest BCUT2D eigenvalue weighted by atomic mass is 35.5. The van der Waals surface area contributed by atoms with Gasteiger partial charge in [-0.3, -0.25) is 9.48 Å². The van der Waals surface area contributed by atoms with E-state index in [-0.39, 0.29) is 5.91 Å². The standard InChI is InChI=1S/C19H24ClN3O2/c1-3-4-13-23-19(20)17(15(2)22-23)10-11-18(24)21-12-14-25-16-8-6-5-7-9-16/h5-11H,3-4,12-14H2,1-2H3,(H,21,24)/b11-10+. The molecule has 0 saturated carbocycles. The summed E-state index contributed by atoms with van der Waals surface area (Å²) in [5, 5.41) is 7.77. The number of unbranched alkanes of at least 4 members (excludes halogenated alkanes) is 1. The zero-order valence-electron chi connectivity index (χ0n) is 14.7. The smallest absolute Gasteiger partial charge is 0.244 e. The van der Waals surface area contributed by atoms with Crippen LogP contribution < -0.4 is 10.1 Å². The van der Waals surface area contributed by atoms with Crippen LogP contribution in [-0.4, -0.2) is 28.8 Å². The minimum Gasteiger partial charge on any atom is -0.492 e. The molecule has 0 aliphatic carbocycles. The van der Waals surface area contributed by atoms with Gasteiger partial charge in [-0.1, -0.05) is 43.1 Å². The van der Waals surface area contributed by atoms with Crippen molar-refractivity contribution in [3.63, 3.8) is 0 Å². The van der Waals surface area contributed by atoms with E-state index in [2.05, 4.69) is 17.3 Å². The molecule has 25 heavy (non-hydrogen) atoms. The Hall–Kier alpha value is -2.27. The van der Waals surface area contributed by atoms with Gasteiger partial charge in [0.15, 0.2) is 0 Å². The third kappa shape index (κ3) is 5.94. The molecule has 0 fully saturated rings. The molecule has 1 aromatic carbocycles. The van der Waals surface area contributed by atoms with Gasteiger partial charge < -0.3 is 10.1 Å². The van der Waals surface area contributed by atoms with Crippen molar-refractivity contribution < 1.29 is 9.53 Å². The van der Waals surface area contributed by atoms with E-state index in [0.29, 0.717) is 18.3 Å². The predicted molar refractivity (Wildman–Crippen MR) is 101 cm³/mol. The molecule has 1 aromatic heterocycles. The Morgan fingerprint density at radius 1 is 1.36 bits per heavy atom. The second-order valence-electron chi connectivity index (χ2n) is 5.65. The van der Waals surface area contributed by atoms with E-state index < -0.39 is 0 Å². The number of halogens is 1. The van der Waals surface area contributed by atoms with E-state index in [1.165, 1.54) is 6.08 Å². The monoisotopic (exact) mass is 361 g/mol. The molecule has 6 heteroatoms. The van der Waals surface area contributed by atoms with Crippen molar-refractivity contribution in [1.82, 2.24) is 15.1 Å². The van der Waals surface area contributed by atoms with E-state index in [1.807, 2.05) is 37.3 Å². The third-order valence-corrected chi connectivity index (χ3v) is 4.05. The lowest BCUT2D eigenvalue weighted by Gasteiger charge is -2.06. The van der Waals surface area contributed by atoms with Crippen molar-refractivity contribution in [1.29, 1.82) is 0 Å². The highest BCUT2D eigenvalue weighted by Gasteiger charge is 2.10. The predicted octanol–water partition coefficient (Wildman–Crippen LogP) is 3.85. The third-order valence-electron chi connectivity index (χ3n) is 3.65. The maximum absolute atomic E-state index is 11.9. The Labute approximate surface area is 153 Å². The lowest BCUT2D eigenvalue weighted by atomic mass is 10.2. The van der Waals surface area contributed by atoms with Gasteiger partial charge in [-0.15, -0.1) is 0 Å². The van der Waals surface area contributed by atoms with Gasteiger partial charge >= 0.3 is 0 Å². The fourth-order valence-electron chi connectivity index (χ4n) is 2.29. The summed E-state index contributed by atoms with van der Waals surface area (Å²) in [6.07, 6.45) is 5.28. The number of para-hydroxylation sites is 1. The van der Waals surface area contributed by atoms with Crippen LogP contribution in [0.15, 0.2) is 36.4 Å². The van der Waals surface area contributed by atoms with Crippen LogP contribution in [0.4, 0.5) is 0 Å². The molecule has 134 valence electrons. The Balaban J connectivity index is 1.81. The summed E-state index contributed by atoms with van der Waals surface area (Å²) in [7, 11) is 0. The molecule has 2 aromatic rings. The molecule has 1 amide bonds. The lowest BCUT2D eigenvalue weighted by molar-refractivity contribution is -0.116. The molecular formula is C19H24ClN3O2. The minimum absolute atomic E-state index is 0.187. The summed E-state index contributed by atoms with van der Waals surface area (Å²) < 4.78 is 7.31. The highest BCUT2D eigenvalue weighted by Crippen LogP contribution is 2.21. The molecule has 0 atom stereocenters. The van der Waals surface area contributed by atoms with Gasteiger partial charge in [0.2, 0.25) is 5.91 Å². The van der Waals surface area contributed by atoms with Crippen molar-refractivity contribution >= 4 is 23.6 Å². The molecule has 0 bridgehead atoms. The molecule has 0 unspecified atom stereocenters. The number of benzene rings is 1. The van der Waals surface area contributed by atoms with Crippen LogP contribution >= 0.6 is 11.6 Å². The van der Waals surface area contributed by atoms with Crippen LogP contribution in [0.1, 0.15) is 31.0 Å².